The lowest BCUT2D eigenvalue weighted by molar-refractivity contribution is 0.0998. The Bertz CT molecular complexity index is 1460. The molecule has 1 saturated carbocycles. The Morgan fingerprint density at radius 2 is 1.72 bits per heavy atom. The lowest BCUT2D eigenvalue weighted by Crippen LogP contribution is -2.17. The van der Waals surface area contributed by atoms with Gasteiger partial charge in [0.25, 0.3) is 5.91 Å². The number of nitrogens with two attached hydrogens (primary N) is 1. The Morgan fingerprint density at radius 1 is 1.03 bits per heavy atom. The zero-order chi connectivity index (χ0) is 22.5. The number of hydrogen-bond donors (Lipinski definition) is 1. The fourth-order valence-electron chi connectivity index (χ4n) is 4.00. The third-order valence-electron chi connectivity index (χ3n) is 5.73. The van der Waals surface area contributed by atoms with Crippen LogP contribution >= 0.6 is 0 Å². The highest BCUT2D eigenvalue weighted by atomic mass is 32.2. The van der Waals surface area contributed by atoms with E-state index in [-0.39, 0.29) is 39.2 Å². The van der Waals surface area contributed by atoms with E-state index in [2.05, 4.69) is 4.98 Å². The molecule has 1 amide bonds. The second kappa shape index (κ2) is 7.56. The first-order chi connectivity index (χ1) is 15.4. The molecule has 2 N–H and O–H groups in total. The monoisotopic (exact) mass is 449 g/mol. The zero-order valence-corrected chi connectivity index (χ0v) is 17.8. The fourth-order valence-corrected chi connectivity index (χ4v) is 5.48. The van der Waals surface area contributed by atoms with E-state index in [1.807, 2.05) is 4.57 Å². The largest absolute Gasteiger partial charge is 0.365 e. The van der Waals surface area contributed by atoms with Crippen LogP contribution in [0.25, 0.3) is 11.0 Å². The summed E-state index contributed by atoms with van der Waals surface area (Å²) in [6.45, 7) is 0.220. The maximum atomic E-state index is 14.4. The van der Waals surface area contributed by atoms with Gasteiger partial charge in [-0.05, 0) is 43.2 Å². The Hall–Kier alpha value is -3.52. The van der Waals surface area contributed by atoms with E-state index < -0.39 is 15.7 Å². The summed E-state index contributed by atoms with van der Waals surface area (Å²) in [6, 6.07) is 17.4. The van der Waals surface area contributed by atoms with Gasteiger partial charge in [0, 0.05) is 11.5 Å². The number of halogens is 1. The Morgan fingerprint density at radius 3 is 2.38 bits per heavy atom. The van der Waals surface area contributed by atoms with E-state index in [0.717, 1.165) is 12.8 Å². The molecule has 32 heavy (non-hydrogen) atoms. The summed E-state index contributed by atoms with van der Waals surface area (Å²) in [6.07, 6.45) is 1.86. The molecule has 0 unspecified atom stereocenters. The summed E-state index contributed by atoms with van der Waals surface area (Å²) < 4.78 is 42.8. The molecule has 8 heteroatoms. The molecule has 0 aliphatic heterocycles. The first-order valence-electron chi connectivity index (χ1n) is 10.2. The smallest absolute Gasteiger partial charge is 0.252 e. The summed E-state index contributed by atoms with van der Waals surface area (Å²) >= 11 is 0. The van der Waals surface area contributed by atoms with Crippen molar-refractivity contribution in [1.29, 1.82) is 0 Å². The number of imidazole rings is 1. The highest BCUT2D eigenvalue weighted by Gasteiger charge is 2.33. The van der Waals surface area contributed by atoms with Crippen molar-refractivity contribution in [3.8, 4) is 0 Å². The van der Waals surface area contributed by atoms with Gasteiger partial charge in [0.1, 0.15) is 17.2 Å². The second-order valence-electron chi connectivity index (χ2n) is 7.91. The summed E-state index contributed by atoms with van der Waals surface area (Å²) in [5, 5.41) is 0. The number of hydrogen-bond acceptors (Lipinski definition) is 4. The van der Waals surface area contributed by atoms with Gasteiger partial charge < -0.3 is 10.3 Å². The van der Waals surface area contributed by atoms with Crippen LogP contribution in [-0.4, -0.2) is 23.9 Å². The molecule has 1 heterocycles. The Balaban J connectivity index is 1.75. The summed E-state index contributed by atoms with van der Waals surface area (Å²) in [5.41, 5.74) is 6.80. The molecular formula is C24H20FN3O3S. The molecule has 4 aromatic rings. The number of fused-ring (bicyclic) bond motifs is 1. The number of aromatic nitrogens is 2. The van der Waals surface area contributed by atoms with Crippen LogP contribution in [0.5, 0.6) is 0 Å². The second-order valence-corrected chi connectivity index (χ2v) is 9.83. The number of benzene rings is 3. The minimum atomic E-state index is -3.99. The molecule has 1 aliphatic carbocycles. The predicted molar refractivity (Wildman–Crippen MR) is 118 cm³/mol. The number of amides is 1. The zero-order valence-electron chi connectivity index (χ0n) is 17.0. The molecule has 0 radical (unpaired) electrons. The molecule has 0 bridgehead atoms. The van der Waals surface area contributed by atoms with Gasteiger partial charge in [-0.3, -0.25) is 4.79 Å². The molecular weight excluding hydrogens is 429 g/mol. The highest BCUT2D eigenvalue weighted by Crippen LogP contribution is 2.42. The van der Waals surface area contributed by atoms with Crippen LogP contribution < -0.4 is 5.73 Å². The van der Waals surface area contributed by atoms with Crippen LogP contribution in [0.1, 0.15) is 40.5 Å². The molecule has 3 aromatic carbocycles. The molecule has 0 saturated heterocycles. The third kappa shape index (κ3) is 3.36. The van der Waals surface area contributed by atoms with Gasteiger partial charge in [-0.15, -0.1) is 0 Å². The fraction of sp³-hybridized carbons (Fsp3) is 0.167. The molecule has 0 atom stereocenters. The lowest BCUT2D eigenvalue weighted by atomic mass is 10.1. The average molecular weight is 450 g/mol. The third-order valence-corrected chi connectivity index (χ3v) is 7.54. The lowest BCUT2D eigenvalue weighted by Gasteiger charge is -2.12. The number of carbonyl (C=O) groups excluding carboxylic acids is 1. The summed E-state index contributed by atoms with van der Waals surface area (Å²) in [7, 11) is -3.99. The van der Waals surface area contributed by atoms with E-state index >= 15 is 0 Å². The number of sulfone groups is 1. The highest BCUT2D eigenvalue weighted by molar-refractivity contribution is 7.91. The maximum Gasteiger partial charge on any atom is 0.252 e. The van der Waals surface area contributed by atoms with Crippen molar-refractivity contribution in [1.82, 2.24) is 9.55 Å². The van der Waals surface area contributed by atoms with Crippen LogP contribution in [0.4, 0.5) is 4.39 Å². The van der Waals surface area contributed by atoms with E-state index in [1.165, 1.54) is 24.3 Å². The Labute approximate surface area is 184 Å². The molecule has 1 fully saturated rings. The van der Waals surface area contributed by atoms with Crippen molar-refractivity contribution in [3.63, 3.8) is 0 Å². The van der Waals surface area contributed by atoms with E-state index in [0.29, 0.717) is 16.9 Å². The number of primary amides is 1. The van der Waals surface area contributed by atoms with Crippen molar-refractivity contribution >= 4 is 26.8 Å². The van der Waals surface area contributed by atoms with Gasteiger partial charge in [0.05, 0.1) is 27.4 Å². The van der Waals surface area contributed by atoms with Gasteiger partial charge in [-0.25, -0.2) is 17.8 Å². The minimum Gasteiger partial charge on any atom is -0.365 e. The van der Waals surface area contributed by atoms with Gasteiger partial charge in [-0.1, -0.05) is 36.4 Å². The standard InChI is InChI=1S/C24H20FN3O3S/c25-18-9-5-4-6-16(18)14-28-19-12-13-20(32(30,31)17-7-2-1-3-8-17)21(23(26)29)22(19)27-24(28)15-10-11-15/h1-9,12-13,15H,10-11,14H2,(H2,26,29). The van der Waals surface area contributed by atoms with Crippen LogP contribution in [0.2, 0.25) is 0 Å². The minimum absolute atomic E-state index is 0.0649. The maximum absolute atomic E-state index is 14.4. The number of nitrogens with zero attached hydrogens (tertiary/aromatic N) is 2. The van der Waals surface area contributed by atoms with Crippen molar-refractivity contribution in [2.75, 3.05) is 0 Å². The molecule has 0 spiro atoms. The Kier molecular flexibility index (Phi) is 4.82. The topological polar surface area (TPSA) is 95.1 Å². The van der Waals surface area contributed by atoms with E-state index in [1.54, 1.807) is 42.5 Å². The quantitative estimate of drug-likeness (QED) is 0.481. The number of carbonyl (C=O) groups is 1. The predicted octanol–water partition coefficient (Wildman–Crippen LogP) is 4.03. The van der Waals surface area contributed by atoms with E-state index in [9.17, 15) is 17.6 Å². The van der Waals surface area contributed by atoms with Crippen molar-refractivity contribution in [2.24, 2.45) is 5.73 Å². The molecule has 162 valence electrons. The summed E-state index contributed by atoms with van der Waals surface area (Å²) in [5.74, 6) is -0.318. The van der Waals surface area contributed by atoms with Gasteiger partial charge in [-0.2, -0.15) is 0 Å². The summed E-state index contributed by atoms with van der Waals surface area (Å²) in [4.78, 5) is 17.0. The van der Waals surface area contributed by atoms with Crippen LogP contribution in [0.15, 0.2) is 76.5 Å². The first kappa shape index (κ1) is 20.4. The average Bonchev–Trinajstić information content (AvgIpc) is 3.57. The van der Waals surface area contributed by atoms with Crippen molar-refractivity contribution in [2.45, 2.75) is 35.1 Å². The van der Waals surface area contributed by atoms with Crippen LogP contribution in [0.3, 0.4) is 0 Å². The molecule has 1 aliphatic rings. The van der Waals surface area contributed by atoms with Gasteiger partial charge in [0.15, 0.2) is 0 Å². The van der Waals surface area contributed by atoms with Crippen LogP contribution in [0, 0.1) is 5.82 Å². The van der Waals surface area contributed by atoms with Crippen molar-refractivity contribution < 1.29 is 17.6 Å². The molecule has 1 aromatic heterocycles. The number of rotatable bonds is 6. The van der Waals surface area contributed by atoms with Crippen molar-refractivity contribution in [3.05, 3.63) is 89.5 Å². The SMILES string of the molecule is NC(=O)c1c(S(=O)(=O)c2ccccc2)ccc2c1nc(C1CC1)n2Cc1ccccc1F. The van der Waals surface area contributed by atoms with Crippen LogP contribution in [-0.2, 0) is 16.4 Å². The normalized spacial score (nSPS) is 14.0. The molecule has 5 rings (SSSR count). The van der Waals surface area contributed by atoms with Gasteiger partial charge >= 0.3 is 0 Å². The molecule has 6 nitrogen and oxygen atoms in total. The van der Waals surface area contributed by atoms with E-state index in [4.69, 9.17) is 5.73 Å². The van der Waals surface area contributed by atoms with Gasteiger partial charge in [0.2, 0.25) is 9.84 Å². The first-order valence-corrected chi connectivity index (χ1v) is 11.7.